The third kappa shape index (κ3) is 3.00. The number of hydrogen-bond donors (Lipinski definition) is 1. The van der Waals surface area contributed by atoms with Crippen LogP contribution in [0.3, 0.4) is 0 Å². The summed E-state index contributed by atoms with van der Waals surface area (Å²) in [5.74, 6) is -1.40. The Morgan fingerprint density at radius 2 is 1.93 bits per heavy atom. The zero-order valence-electron chi connectivity index (χ0n) is 8.26. The zero-order valence-corrected chi connectivity index (χ0v) is 8.26. The summed E-state index contributed by atoms with van der Waals surface area (Å²) in [5, 5.41) is 8.57. The molecule has 80 valence electrons. The molecular formula is C11H12F2N2. The van der Waals surface area contributed by atoms with Crippen LogP contribution in [0.4, 0.5) is 8.78 Å². The van der Waals surface area contributed by atoms with Crippen molar-refractivity contribution in [2.45, 2.75) is 19.3 Å². The molecular weight excluding hydrogens is 198 g/mol. The van der Waals surface area contributed by atoms with Gasteiger partial charge in [0.05, 0.1) is 5.56 Å². The Balaban J connectivity index is 2.84. The number of nitriles is 1. The Labute approximate surface area is 87.3 Å². The average molecular weight is 210 g/mol. The van der Waals surface area contributed by atoms with E-state index in [1.165, 1.54) is 6.07 Å². The molecule has 0 heterocycles. The molecule has 1 aromatic carbocycles. The minimum absolute atomic E-state index is 0.112. The van der Waals surface area contributed by atoms with Crippen molar-refractivity contribution in [1.82, 2.24) is 0 Å². The summed E-state index contributed by atoms with van der Waals surface area (Å²) >= 11 is 0. The van der Waals surface area contributed by atoms with E-state index in [4.69, 9.17) is 11.0 Å². The van der Waals surface area contributed by atoms with Crippen molar-refractivity contribution in [3.63, 3.8) is 0 Å². The summed E-state index contributed by atoms with van der Waals surface area (Å²) < 4.78 is 26.2. The van der Waals surface area contributed by atoms with Crippen LogP contribution in [-0.4, -0.2) is 6.54 Å². The molecule has 0 bridgehead atoms. The lowest BCUT2D eigenvalue weighted by molar-refractivity contribution is 0.565. The summed E-state index contributed by atoms with van der Waals surface area (Å²) in [7, 11) is 0. The normalized spacial score (nSPS) is 10.0. The van der Waals surface area contributed by atoms with Crippen molar-refractivity contribution in [2.24, 2.45) is 5.73 Å². The maximum atomic E-state index is 13.2. The lowest BCUT2D eigenvalue weighted by Crippen LogP contribution is -2.01. The standard InChI is InChI=1S/C11H12F2N2/c12-10-6-11(13)9(7-15)5-8(10)3-1-2-4-14/h5-6H,1-4,14H2. The SMILES string of the molecule is N#Cc1cc(CCCCN)c(F)cc1F. The number of rotatable bonds is 4. The predicted molar refractivity (Wildman–Crippen MR) is 53.1 cm³/mol. The summed E-state index contributed by atoms with van der Waals surface area (Å²) in [6, 6.07) is 3.71. The molecule has 0 aromatic heterocycles. The molecule has 0 saturated carbocycles. The highest BCUT2D eigenvalue weighted by Crippen LogP contribution is 2.16. The van der Waals surface area contributed by atoms with E-state index < -0.39 is 11.6 Å². The van der Waals surface area contributed by atoms with E-state index in [1.54, 1.807) is 6.07 Å². The van der Waals surface area contributed by atoms with E-state index in [0.717, 1.165) is 18.9 Å². The lowest BCUT2D eigenvalue weighted by Gasteiger charge is -2.03. The second-order valence-corrected chi connectivity index (χ2v) is 3.28. The van der Waals surface area contributed by atoms with Crippen LogP contribution in [0.1, 0.15) is 24.0 Å². The van der Waals surface area contributed by atoms with E-state index in [2.05, 4.69) is 0 Å². The highest BCUT2D eigenvalue weighted by molar-refractivity contribution is 5.35. The highest BCUT2D eigenvalue weighted by atomic mass is 19.1. The van der Waals surface area contributed by atoms with Crippen LogP contribution < -0.4 is 5.73 Å². The molecule has 1 rings (SSSR count). The van der Waals surface area contributed by atoms with Gasteiger partial charge in [-0.2, -0.15) is 5.26 Å². The van der Waals surface area contributed by atoms with Crippen molar-refractivity contribution < 1.29 is 8.78 Å². The Morgan fingerprint density at radius 3 is 2.53 bits per heavy atom. The Bertz CT molecular complexity index is 383. The molecule has 1 aromatic rings. The molecule has 0 radical (unpaired) electrons. The fraction of sp³-hybridized carbons (Fsp3) is 0.364. The molecule has 0 aliphatic carbocycles. The van der Waals surface area contributed by atoms with Crippen molar-refractivity contribution in [1.29, 1.82) is 5.26 Å². The van der Waals surface area contributed by atoms with Gasteiger partial charge in [0.25, 0.3) is 0 Å². The highest BCUT2D eigenvalue weighted by Gasteiger charge is 2.08. The first-order valence-corrected chi connectivity index (χ1v) is 4.77. The van der Waals surface area contributed by atoms with Crippen LogP contribution in [0, 0.1) is 23.0 Å². The maximum absolute atomic E-state index is 13.2. The third-order valence-corrected chi connectivity index (χ3v) is 2.16. The minimum atomic E-state index is -0.808. The van der Waals surface area contributed by atoms with E-state index in [-0.39, 0.29) is 5.56 Å². The molecule has 0 aliphatic rings. The first-order chi connectivity index (χ1) is 7.19. The maximum Gasteiger partial charge on any atom is 0.143 e. The first kappa shape index (κ1) is 11.6. The fourth-order valence-corrected chi connectivity index (χ4v) is 1.33. The van der Waals surface area contributed by atoms with E-state index in [1.807, 2.05) is 0 Å². The average Bonchev–Trinajstić information content (AvgIpc) is 2.21. The third-order valence-electron chi connectivity index (χ3n) is 2.16. The number of halogens is 2. The van der Waals surface area contributed by atoms with Crippen molar-refractivity contribution in [3.8, 4) is 6.07 Å². The van der Waals surface area contributed by atoms with Gasteiger partial charge >= 0.3 is 0 Å². The van der Waals surface area contributed by atoms with Gasteiger partial charge in [-0.1, -0.05) is 0 Å². The number of nitrogens with two attached hydrogens (primary N) is 1. The van der Waals surface area contributed by atoms with Gasteiger partial charge in [-0.15, -0.1) is 0 Å². The van der Waals surface area contributed by atoms with Crippen LogP contribution in [0.25, 0.3) is 0 Å². The van der Waals surface area contributed by atoms with Gasteiger partial charge < -0.3 is 5.73 Å². The minimum Gasteiger partial charge on any atom is -0.330 e. The molecule has 2 N–H and O–H groups in total. The van der Waals surface area contributed by atoms with Gasteiger partial charge in [-0.25, -0.2) is 8.78 Å². The fourth-order valence-electron chi connectivity index (χ4n) is 1.33. The Morgan fingerprint density at radius 1 is 1.20 bits per heavy atom. The molecule has 15 heavy (non-hydrogen) atoms. The van der Waals surface area contributed by atoms with Gasteiger partial charge in [0.1, 0.15) is 17.7 Å². The Kier molecular flexibility index (Phi) is 4.19. The van der Waals surface area contributed by atoms with Crippen LogP contribution in [0.15, 0.2) is 12.1 Å². The molecule has 2 nitrogen and oxygen atoms in total. The van der Waals surface area contributed by atoms with Gasteiger partial charge in [0.2, 0.25) is 0 Å². The molecule has 0 atom stereocenters. The van der Waals surface area contributed by atoms with Gasteiger partial charge in [0.15, 0.2) is 0 Å². The smallest absolute Gasteiger partial charge is 0.143 e. The molecule has 0 fully saturated rings. The number of hydrogen-bond acceptors (Lipinski definition) is 2. The quantitative estimate of drug-likeness (QED) is 0.774. The van der Waals surface area contributed by atoms with Crippen LogP contribution in [0.2, 0.25) is 0 Å². The second-order valence-electron chi connectivity index (χ2n) is 3.28. The van der Waals surface area contributed by atoms with Crippen LogP contribution >= 0.6 is 0 Å². The molecule has 0 aliphatic heterocycles. The first-order valence-electron chi connectivity index (χ1n) is 4.77. The van der Waals surface area contributed by atoms with Crippen LogP contribution in [0.5, 0.6) is 0 Å². The van der Waals surface area contributed by atoms with E-state index in [9.17, 15) is 8.78 Å². The summed E-state index contributed by atoms with van der Waals surface area (Å²) in [6.07, 6.45) is 2.01. The van der Waals surface area contributed by atoms with Gasteiger partial charge in [-0.05, 0) is 37.4 Å². The van der Waals surface area contributed by atoms with Crippen molar-refractivity contribution in [3.05, 3.63) is 34.9 Å². The second kappa shape index (κ2) is 5.42. The van der Waals surface area contributed by atoms with Gasteiger partial charge in [0, 0.05) is 6.07 Å². The predicted octanol–water partition coefficient (Wildman–Crippen LogP) is 2.12. The van der Waals surface area contributed by atoms with Gasteiger partial charge in [-0.3, -0.25) is 0 Å². The zero-order chi connectivity index (χ0) is 11.3. The summed E-state index contributed by atoms with van der Waals surface area (Å²) in [6.45, 7) is 0.550. The number of unbranched alkanes of at least 4 members (excludes halogenated alkanes) is 1. The summed E-state index contributed by atoms with van der Waals surface area (Å²) in [4.78, 5) is 0. The van der Waals surface area contributed by atoms with Crippen molar-refractivity contribution >= 4 is 0 Å². The topological polar surface area (TPSA) is 49.8 Å². The number of benzene rings is 1. The van der Waals surface area contributed by atoms with E-state index >= 15 is 0 Å². The lowest BCUT2D eigenvalue weighted by atomic mass is 10.0. The van der Waals surface area contributed by atoms with Crippen molar-refractivity contribution in [2.75, 3.05) is 6.54 Å². The summed E-state index contributed by atoms with van der Waals surface area (Å²) in [5.41, 5.74) is 5.57. The molecule has 0 amide bonds. The molecule has 0 saturated heterocycles. The molecule has 0 spiro atoms. The monoisotopic (exact) mass is 210 g/mol. The Hall–Kier alpha value is -1.47. The number of aryl methyl sites for hydroxylation is 1. The van der Waals surface area contributed by atoms with Crippen LogP contribution in [-0.2, 0) is 6.42 Å². The molecule has 4 heteroatoms. The largest absolute Gasteiger partial charge is 0.330 e. The van der Waals surface area contributed by atoms with E-state index in [0.29, 0.717) is 18.5 Å². The molecule has 0 unspecified atom stereocenters. The number of nitrogens with zero attached hydrogens (tertiary/aromatic N) is 1.